The average molecular weight is 192 g/mol. The van der Waals surface area contributed by atoms with Gasteiger partial charge in [-0.2, -0.15) is 0 Å². The highest BCUT2D eigenvalue weighted by Crippen LogP contribution is 2.24. The number of nitrogens with zero attached hydrogens (tertiary/aromatic N) is 2. The number of aryl methyl sites for hydroxylation is 1. The van der Waals surface area contributed by atoms with Crippen molar-refractivity contribution in [2.75, 3.05) is 25.1 Å². The summed E-state index contributed by atoms with van der Waals surface area (Å²) in [7, 11) is 2.10. The average Bonchev–Trinajstić information content (AvgIpc) is 2.18. The second-order valence-corrected chi connectivity index (χ2v) is 3.77. The molecule has 0 atom stereocenters. The van der Waals surface area contributed by atoms with Crippen LogP contribution in [0.15, 0.2) is 12.1 Å². The third kappa shape index (κ3) is 1.73. The molecule has 14 heavy (non-hydrogen) atoms. The molecule has 1 aromatic rings. The van der Waals surface area contributed by atoms with E-state index in [1.54, 1.807) is 0 Å². The Hall–Kier alpha value is -1.09. The first-order valence-corrected chi connectivity index (χ1v) is 5.12. The first-order valence-electron chi connectivity index (χ1n) is 5.12. The van der Waals surface area contributed by atoms with Crippen molar-refractivity contribution < 1.29 is 5.11 Å². The largest absolute Gasteiger partial charge is 0.396 e. The number of rotatable bonds is 2. The lowest BCUT2D eigenvalue weighted by molar-refractivity contribution is 0.298. The lowest BCUT2D eigenvalue weighted by Crippen LogP contribution is -2.25. The van der Waals surface area contributed by atoms with Crippen molar-refractivity contribution in [2.24, 2.45) is 0 Å². The molecule has 0 unspecified atom stereocenters. The smallest absolute Gasteiger partial charge is 0.0640 e. The molecule has 0 spiro atoms. The Balaban J connectivity index is 2.29. The van der Waals surface area contributed by atoms with Crippen LogP contribution in [-0.2, 0) is 12.8 Å². The number of aliphatic hydroxyl groups excluding tert-OH is 1. The summed E-state index contributed by atoms with van der Waals surface area (Å²) in [6, 6.07) is 4.13. The summed E-state index contributed by atoms with van der Waals surface area (Å²) in [5, 5.41) is 8.83. The predicted octanol–water partition coefficient (Wildman–Crippen LogP) is 0.999. The number of pyridine rings is 1. The SMILES string of the molecule is CN1CCCc2nc(CCO)ccc21. The molecule has 0 saturated heterocycles. The lowest BCUT2D eigenvalue weighted by atomic mass is 10.1. The first-order chi connectivity index (χ1) is 6.81. The molecule has 0 amide bonds. The zero-order valence-electron chi connectivity index (χ0n) is 8.53. The van der Waals surface area contributed by atoms with Gasteiger partial charge < -0.3 is 10.0 Å². The van der Waals surface area contributed by atoms with Gasteiger partial charge in [0.25, 0.3) is 0 Å². The van der Waals surface area contributed by atoms with Crippen molar-refractivity contribution in [3.05, 3.63) is 23.5 Å². The highest BCUT2D eigenvalue weighted by Gasteiger charge is 2.14. The van der Waals surface area contributed by atoms with Gasteiger partial charge in [-0.1, -0.05) is 0 Å². The molecule has 0 aliphatic carbocycles. The Kier molecular flexibility index (Phi) is 2.68. The molecule has 0 radical (unpaired) electrons. The van der Waals surface area contributed by atoms with Gasteiger partial charge in [0, 0.05) is 32.3 Å². The highest BCUT2D eigenvalue weighted by molar-refractivity contribution is 5.52. The van der Waals surface area contributed by atoms with Crippen LogP contribution in [0.2, 0.25) is 0 Å². The fourth-order valence-corrected chi connectivity index (χ4v) is 1.93. The van der Waals surface area contributed by atoms with E-state index in [0.29, 0.717) is 6.42 Å². The molecule has 0 fully saturated rings. The molecule has 1 aliphatic rings. The molecule has 2 heterocycles. The van der Waals surface area contributed by atoms with Crippen LogP contribution >= 0.6 is 0 Å². The summed E-state index contributed by atoms with van der Waals surface area (Å²) in [4.78, 5) is 6.80. The number of fused-ring (bicyclic) bond motifs is 1. The zero-order valence-corrected chi connectivity index (χ0v) is 8.53. The van der Waals surface area contributed by atoms with E-state index in [1.807, 2.05) is 6.07 Å². The van der Waals surface area contributed by atoms with E-state index in [2.05, 4.69) is 23.0 Å². The number of aliphatic hydroxyl groups is 1. The van der Waals surface area contributed by atoms with Crippen LogP contribution < -0.4 is 4.90 Å². The maximum Gasteiger partial charge on any atom is 0.0640 e. The molecule has 3 heteroatoms. The minimum atomic E-state index is 0.182. The quantitative estimate of drug-likeness (QED) is 0.759. The Labute approximate surface area is 84.4 Å². The van der Waals surface area contributed by atoms with Crippen LogP contribution in [0.3, 0.4) is 0 Å². The van der Waals surface area contributed by atoms with E-state index in [-0.39, 0.29) is 6.61 Å². The summed E-state index contributed by atoms with van der Waals surface area (Å²) in [6.45, 7) is 1.30. The molecule has 1 N–H and O–H groups in total. The molecule has 0 saturated carbocycles. The van der Waals surface area contributed by atoms with Crippen LogP contribution in [0.4, 0.5) is 5.69 Å². The zero-order chi connectivity index (χ0) is 9.97. The van der Waals surface area contributed by atoms with E-state index in [4.69, 9.17) is 5.11 Å². The summed E-state index contributed by atoms with van der Waals surface area (Å²) < 4.78 is 0. The number of hydrogen-bond acceptors (Lipinski definition) is 3. The molecule has 76 valence electrons. The topological polar surface area (TPSA) is 36.4 Å². The Morgan fingerprint density at radius 1 is 1.50 bits per heavy atom. The monoisotopic (exact) mass is 192 g/mol. The molecular formula is C11H16N2O. The van der Waals surface area contributed by atoms with Crippen LogP contribution in [0.25, 0.3) is 0 Å². The second kappa shape index (κ2) is 3.96. The molecule has 2 rings (SSSR count). The van der Waals surface area contributed by atoms with Gasteiger partial charge in [0.05, 0.1) is 11.4 Å². The second-order valence-electron chi connectivity index (χ2n) is 3.77. The minimum absolute atomic E-state index is 0.182. The molecule has 1 aliphatic heterocycles. The van der Waals surface area contributed by atoms with E-state index in [1.165, 1.54) is 17.8 Å². The normalized spacial score (nSPS) is 15.4. The third-order valence-electron chi connectivity index (χ3n) is 2.69. The predicted molar refractivity (Wildman–Crippen MR) is 56.6 cm³/mol. The van der Waals surface area contributed by atoms with Gasteiger partial charge in [0.2, 0.25) is 0 Å². The minimum Gasteiger partial charge on any atom is -0.396 e. The van der Waals surface area contributed by atoms with Gasteiger partial charge in [-0.3, -0.25) is 4.98 Å². The van der Waals surface area contributed by atoms with E-state index in [9.17, 15) is 0 Å². The van der Waals surface area contributed by atoms with E-state index >= 15 is 0 Å². The maximum absolute atomic E-state index is 8.83. The van der Waals surface area contributed by atoms with Crippen molar-refractivity contribution in [3.8, 4) is 0 Å². The molecule has 0 bridgehead atoms. The van der Waals surface area contributed by atoms with Crippen molar-refractivity contribution in [1.29, 1.82) is 0 Å². The fraction of sp³-hybridized carbons (Fsp3) is 0.545. The number of anilines is 1. The first kappa shape index (κ1) is 9.46. The molecule has 3 nitrogen and oxygen atoms in total. The van der Waals surface area contributed by atoms with Crippen LogP contribution in [0, 0.1) is 0 Å². The van der Waals surface area contributed by atoms with Gasteiger partial charge >= 0.3 is 0 Å². The summed E-state index contributed by atoms with van der Waals surface area (Å²) in [5.41, 5.74) is 3.43. The van der Waals surface area contributed by atoms with Gasteiger partial charge in [0.15, 0.2) is 0 Å². The highest BCUT2D eigenvalue weighted by atomic mass is 16.3. The molecule has 1 aromatic heterocycles. The van der Waals surface area contributed by atoms with Crippen LogP contribution in [0.1, 0.15) is 17.8 Å². The number of aromatic nitrogens is 1. The Morgan fingerprint density at radius 3 is 3.14 bits per heavy atom. The lowest BCUT2D eigenvalue weighted by Gasteiger charge is -2.26. The summed E-state index contributed by atoms with van der Waals surface area (Å²) in [5.74, 6) is 0. The summed E-state index contributed by atoms with van der Waals surface area (Å²) in [6.07, 6.45) is 2.91. The summed E-state index contributed by atoms with van der Waals surface area (Å²) >= 11 is 0. The maximum atomic E-state index is 8.83. The van der Waals surface area contributed by atoms with Gasteiger partial charge in [-0.05, 0) is 25.0 Å². The van der Waals surface area contributed by atoms with E-state index < -0.39 is 0 Å². The van der Waals surface area contributed by atoms with Gasteiger partial charge in [-0.25, -0.2) is 0 Å². The molecular weight excluding hydrogens is 176 g/mol. The Morgan fingerprint density at radius 2 is 2.36 bits per heavy atom. The van der Waals surface area contributed by atoms with Crippen molar-refractivity contribution >= 4 is 5.69 Å². The van der Waals surface area contributed by atoms with Crippen molar-refractivity contribution in [3.63, 3.8) is 0 Å². The number of hydrogen-bond donors (Lipinski definition) is 1. The van der Waals surface area contributed by atoms with Crippen molar-refractivity contribution in [1.82, 2.24) is 4.98 Å². The third-order valence-corrected chi connectivity index (χ3v) is 2.69. The van der Waals surface area contributed by atoms with Crippen molar-refractivity contribution in [2.45, 2.75) is 19.3 Å². The van der Waals surface area contributed by atoms with Crippen LogP contribution in [0.5, 0.6) is 0 Å². The standard InChI is InChI=1S/C11H16N2O/c1-13-7-2-3-10-11(13)5-4-9(12-10)6-8-14/h4-5,14H,2-3,6-8H2,1H3. The van der Waals surface area contributed by atoms with E-state index in [0.717, 1.165) is 18.7 Å². The molecule has 0 aromatic carbocycles. The van der Waals surface area contributed by atoms with Gasteiger partial charge in [-0.15, -0.1) is 0 Å². The fourth-order valence-electron chi connectivity index (χ4n) is 1.93. The van der Waals surface area contributed by atoms with Crippen LogP contribution in [-0.4, -0.2) is 30.3 Å². The van der Waals surface area contributed by atoms with Gasteiger partial charge in [0.1, 0.15) is 0 Å². The Bertz CT molecular complexity index is 325.